The Labute approximate surface area is 121 Å². The summed E-state index contributed by atoms with van der Waals surface area (Å²) in [5.74, 6) is 0.115. The van der Waals surface area contributed by atoms with Gasteiger partial charge >= 0.3 is 0 Å². The highest BCUT2D eigenvalue weighted by molar-refractivity contribution is 5.99. The molecule has 1 aliphatic heterocycles. The SMILES string of the molecule is CNc1cc(C)ccc1C(=O)N(C)C1CCN(C)CC1. The predicted molar refractivity (Wildman–Crippen MR) is 83.3 cm³/mol. The van der Waals surface area contributed by atoms with E-state index in [1.165, 1.54) is 0 Å². The summed E-state index contributed by atoms with van der Waals surface area (Å²) in [6.07, 6.45) is 2.11. The van der Waals surface area contributed by atoms with Gasteiger partial charge in [0.1, 0.15) is 0 Å². The Kier molecular flexibility index (Phi) is 4.65. The lowest BCUT2D eigenvalue weighted by Gasteiger charge is -2.35. The minimum absolute atomic E-state index is 0.115. The molecule has 0 atom stereocenters. The highest BCUT2D eigenvalue weighted by atomic mass is 16.2. The molecule has 0 aromatic heterocycles. The van der Waals surface area contributed by atoms with E-state index in [4.69, 9.17) is 0 Å². The molecule has 1 heterocycles. The molecule has 1 aromatic carbocycles. The second kappa shape index (κ2) is 6.27. The van der Waals surface area contributed by atoms with Gasteiger partial charge in [-0.05, 0) is 57.6 Å². The van der Waals surface area contributed by atoms with Gasteiger partial charge in [-0.2, -0.15) is 0 Å². The predicted octanol–water partition coefficient (Wildman–Crippen LogP) is 2.20. The zero-order chi connectivity index (χ0) is 14.7. The molecule has 110 valence electrons. The second-order valence-corrected chi connectivity index (χ2v) is 5.75. The minimum Gasteiger partial charge on any atom is -0.387 e. The van der Waals surface area contributed by atoms with Crippen LogP contribution in [0.25, 0.3) is 0 Å². The molecule has 4 heteroatoms. The summed E-state index contributed by atoms with van der Waals surface area (Å²) in [5, 5.41) is 3.13. The Bertz CT molecular complexity index is 479. The van der Waals surface area contributed by atoms with Gasteiger partial charge in [0, 0.05) is 25.8 Å². The fourth-order valence-corrected chi connectivity index (χ4v) is 2.79. The zero-order valence-corrected chi connectivity index (χ0v) is 12.9. The van der Waals surface area contributed by atoms with Gasteiger partial charge in [-0.15, -0.1) is 0 Å². The number of rotatable bonds is 3. The van der Waals surface area contributed by atoms with Crippen LogP contribution in [-0.2, 0) is 0 Å². The molecule has 0 bridgehead atoms. The molecule has 1 saturated heterocycles. The van der Waals surface area contributed by atoms with Crippen molar-refractivity contribution in [1.82, 2.24) is 9.80 Å². The molecule has 0 saturated carbocycles. The van der Waals surface area contributed by atoms with Crippen molar-refractivity contribution in [1.29, 1.82) is 0 Å². The van der Waals surface area contributed by atoms with Gasteiger partial charge in [0.05, 0.1) is 5.56 Å². The van der Waals surface area contributed by atoms with E-state index in [0.29, 0.717) is 6.04 Å². The van der Waals surface area contributed by atoms with Crippen LogP contribution >= 0.6 is 0 Å². The smallest absolute Gasteiger partial charge is 0.255 e. The molecular weight excluding hydrogens is 250 g/mol. The van der Waals surface area contributed by atoms with Crippen LogP contribution in [0, 0.1) is 6.92 Å². The molecule has 0 radical (unpaired) electrons. The Hall–Kier alpha value is -1.55. The van der Waals surface area contributed by atoms with E-state index < -0.39 is 0 Å². The minimum atomic E-state index is 0.115. The quantitative estimate of drug-likeness (QED) is 0.918. The first-order valence-electron chi connectivity index (χ1n) is 7.27. The van der Waals surface area contributed by atoms with Gasteiger partial charge in [-0.1, -0.05) is 6.07 Å². The number of nitrogens with one attached hydrogen (secondary N) is 1. The Balaban J connectivity index is 2.14. The summed E-state index contributed by atoms with van der Waals surface area (Å²) in [7, 11) is 5.93. The van der Waals surface area contributed by atoms with E-state index in [9.17, 15) is 4.79 Å². The van der Waals surface area contributed by atoms with Crippen molar-refractivity contribution in [2.75, 3.05) is 39.5 Å². The van der Waals surface area contributed by atoms with Crippen molar-refractivity contribution in [2.45, 2.75) is 25.8 Å². The molecule has 0 spiro atoms. The number of nitrogens with zero attached hydrogens (tertiary/aromatic N) is 2. The summed E-state index contributed by atoms with van der Waals surface area (Å²) in [5.41, 5.74) is 2.84. The number of piperidine rings is 1. The molecule has 1 fully saturated rings. The number of aryl methyl sites for hydroxylation is 1. The van der Waals surface area contributed by atoms with Crippen LogP contribution in [0.3, 0.4) is 0 Å². The number of benzene rings is 1. The van der Waals surface area contributed by atoms with E-state index in [2.05, 4.69) is 17.3 Å². The average Bonchev–Trinajstić information content (AvgIpc) is 2.46. The fraction of sp³-hybridized carbons (Fsp3) is 0.562. The van der Waals surface area contributed by atoms with Crippen LogP contribution < -0.4 is 5.32 Å². The number of hydrogen-bond acceptors (Lipinski definition) is 3. The molecular formula is C16H25N3O. The normalized spacial score (nSPS) is 17.0. The molecule has 4 nitrogen and oxygen atoms in total. The summed E-state index contributed by atoms with van der Waals surface area (Å²) in [4.78, 5) is 16.9. The van der Waals surface area contributed by atoms with Crippen molar-refractivity contribution in [3.05, 3.63) is 29.3 Å². The van der Waals surface area contributed by atoms with Crippen molar-refractivity contribution < 1.29 is 4.79 Å². The average molecular weight is 275 g/mol. The van der Waals surface area contributed by atoms with Crippen LogP contribution in [0.4, 0.5) is 5.69 Å². The maximum absolute atomic E-state index is 12.7. The summed E-state index contributed by atoms with van der Waals surface area (Å²) in [6.45, 7) is 4.17. The lowest BCUT2D eigenvalue weighted by Crippen LogP contribution is -2.44. The van der Waals surface area contributed by atoms with Gasteiger partial charge in [0.2, 0.25) is 0 Å². The molecule has 20 heavy (non-hydrogen) atoms. The lowest BCUT2D eigenvalue weighted by atomic mass is 10.0. The molecule has 1 N–H and O–H groups in total. The highest BCUT2D eigenvalue weighted by Gasteiger charge is 2.25. The fourth-order valence-electron chi connectivity index (χ4n) is 2.79. The molecule has 1 amide bonds. The third kappa shape index (κ3) is 3.12. The molecule has 0 aliphatic carbocycles. The van der Waals surface area contributed by atoms with Crippen molar-refractivity contribution in [3.63, 3.8) is 0 Å². The van der Waals surface area contributed by atoms with E-state index >= 15 is 0 Å². The second-order valence-electron chi connectivity index (χ2n) is 5.75. The van der Waals surface area contributed by atoms with Crippen LogP contribution in [0.1, 0.15) is 28.8 Å². The third-order valence-electron chi connectivity index (χ3n) is 4.23. The maximum atomic E-state index is 12.7. The van der Waals surface area contributed by atoms with E-state index in [1.807, 2.05) is 44.1 Å². The first-order valence-corrected chi connectivity index (χ1v) is 7.27. The number of likely N-dealkylation sites (tertiary alicyclic amines) is 1. The topological polar surface area (TPSA) is 35.6 Å². The van der Waals surface area contributed by atoms with Crippen LogP contribution in [0.2, 0.25) is 0 Å². The molecule has 1 aliphatic rings. The van der Waals surface area contributed by atoms with Gasteiger partial charge in [0.25, 0.3) is 5.91 Å². The number of carbonyl (C=O) groups excluding carboxylic acids is 1. The van der Waals surface area contributed by atoms with Gasteiger partial charge in [0.15, 0.2) is 0 Å². The van der Waals surface area contributed by atoms with E-state index in [1.54, 1.807) is 0 Å². The van der Waals surface area contributed by atoms with Crippen molar-refractivity contribution in [3.8, 4) is 0 Å². The zero-order valence-electron chi connectivity index (χ0n) is 12.9. The van der Waals surface area contributed by atoms with Crippen LogP contribution in [0.5, 0.6) is 0 Å². The summed E-state index contributed by atoms with van der Waals surface area (Å²) < 4.78 is 0. The Morgan fingerprint density at radius 2 is 2.00 bits per heavy atom. The largest absolute Gasteiger partial charge is 0.387 e. The highest BCUT2D eigenvalue weighted by Crippen LogP contribution is 2.22. The summed E-state index contributed by atoms with van der Waals surface area (Å²) >= 11 is 0. The van der Waals surface area contributed by atoms with Crippen molar-refractivity contribution >= 4 is 11.6 Å². The van der Waals surface area contributed by atoms with E-state index in [-0.39, 0.29) is 5.91 Å². The number of amides is 1. The van der Waals surface area contributed by atoms with Crippen molar-refractivity contribution in [2.24, 2.45) is 0 Å². The number of hydrogen-bond donors (Lipinski definition) is 1. The molecule has 1 aromatic rings. The van der Waals surface area contributed by atoms with Crippen LogP contribution in [-0.4, -0.2) is 56.0 Å². The standard InChI is InChI=1S/C16H25N3O/c1-12-5-6-14(15(11-12)17-2)16(20)19(4)13-7-9-18(3)10-8-13/h5-6,11,13,17H,7-10H2,1-4H3. The first-order chi connectivity index (χ1) is 9.52. The Morgan fingerprint density at radius 3 is 2.60 bits per heavy atom. The van der Waals surface area contributed by atoms with Crippen LogP contribution in [0.15, 0.2) is 18.2 Å². The number of carbonyl (C=O) groups is 1. The monoisotopic (exact) mass is 275 g/mol. The third-order valence-corrected chi connectivity index (χ3v) is 4.23. The first kappa shape index (κ1) is 14.9. The Morgan fingerprint density at radius 1 is 1.35 bits per heavy atom. The number of anilines is 1. The van der Waals surface area contributed by atoms with Gasteiger partial charge in [-0.25, -0.2) is 0 Å². The lowest BCUT2D eigenvalue weighted by molar-refractivity contribution is 0.0660. The van der Waals surface area contributed by atoms with Gasteiger partial charge in [-0.3, -0.25) is 4.79 Å². The molecule has 0 unspecified atom stereocenters. The maximum Gasteiger partial charge on any atom is 0.255 e. The van der Waals surface area contributed by atoms with E-state index in [0.717, 1.165) is 42.7 Å². The van der Waals surface area contributed by atoms with Gasteiger partial charge < -0.3 is 15.1 Å². The summed E-state index contributed by atoms with van der Waals surface area (Å²) in [6, 6.07) is 6.30. The molecule has 2 rings (SSSR count).